The molecule has 4 saturated heterocycles. The molecular weight excluding hydrogens is 1810 g/mol. The van der Waals surface area contributed by atoms with E-state index in [1.165, 1.54) is 43.2 Å². The zero-order valence-corrected chi connectivity index (χ0v) is 86.0. The molecule has 36 nitrogen and oxygen atoms in total. The number of carbonyl (C=O) groups excluding carboxylic acids is 16. The zero-order chi connectivity index (χ0) is 105. The van der Waals surface area contributed by atoms with Crippen molar-refractivity contribution in [2.45, 2.75) is 315 Å². The third kappa shape index (κ3) is 28.4. The van der Waals surface area contributed by atoms with Crippen LogP contribution in [0.15, 0.2) is 83.7 Å². The van der Waals surface area contributed by atoms with E-state index in [1.807, 2.05) is 111 Å². The normalized spacial score (nSPS) is 23.1. The van der Waals surface area contributed by atoms with Crippen LogP contribution >= 0.6 is 0 Å². The number of amides is 16. The van der Waals surface area contributed by atoms with Crippen LogP contribution in [0.1, 0.15) is 223 Å². The van der Waals surface area contributed by atoms with Crippen LogP contribution in [0.3, 0.4) is 0 Å². The molecular formula is C101H155F3N18O18. The Labute approximate surface area is 820 Å². The Morgan fingerprint density at radius 1 is 0.471 bits per heavy atom. The summed E-state index contributed by atoms with van der Waals surface area (Å²) in [5.74, 6) is -9.40. The smallest absolute Gasteiger partial charge is 0.363 e. The Morgan fingerprint density at radius 3 is 1.12 bits per heavy atom. The number of carbonyl (C=O) groups is 16. The quantitative estimate of drug-likeness (QED) is 0.0238. The number of piperidine rings is 3. The van der Waals surface area contributed by atoms with Crippen molar-refractivity contribution in [1.82, 2.24) is 87.2 Å². The van der Waals surface area contributed by atoms with Gasteiger partial charge in [-0.25, -0.2) is 14.4 Å². The summed E-state index contributed by atoms with van der Waals surface area (Å²) < 4.78 is 42.5. The number of aromatic nitrogens is 2. The molecule has 140 heavy (non-hydrogen) atoms. The van der Waals surface area contributed by atoms with Gasteiger partial charge in [0.1, 0.15) is 36.3 Å². The Morgan fingerprint density at radius 2 is 0.829 bits per heavy atom. The lowest BCUT2D eigenvalue weighted by molar-refractivity contribution is -0.148. The summed E-state index contributed by atoms with van der Waals surface area (Å²) in [5.41, 5.74) is 1.53. The highest BCUT2D eigenvalue weighted by Crippen LogP contribution is 2.67. The Kier molecular flexibility index (Phi) is 37.2. The number of halogens is 3. The molecule has 16 amide bonds. The molecule has 778 valence electrons. The number of fused-ring (bicyclic) bond motifs is 3. The molecule has 6 heterocycles. The van der Waals surface area contributed by atoms with Gasteiger partial charge in [0.2, 0.25) is 58.7 Å². The monoisotopic (exact) mass is 1970 g/mol. The fourth-order valence-corrected chi connectivity index (χ4v) is 20.2. The highest BCUT2D eigenvalue weighted by molar-refractivity contribution is 6.39. The molecule has 10 rings (SSSR count). The number of alkyl halides is 3. The maximum Gasteiger partial charge on any atom is 0.389 e. The van der Waals surface area contributed by atoms with E-state index in [-0.39, 0.29) is 143 Å². The minimum Gasteiger partial charge on any atom is -0.363 e. The number of primary amides is 1. The van der Waals surface area contributed by atoms with Gasteiger partial charge in [-0.15, -0.1) is 13.2 Å². The van der Waals surface area contributed by atoms with Crippen molar-refractivity contribution in [2.75, 3.05) is 45.8 Å². The predicted octanol–water partition coefficient (Wildman–Crippen LogP) is 6.94. The van der Waals surface area contributed by atoms with Crippen LogP contribution in [0.5, 0.6) is 0 Å². The molecule has 0 radical (unpaired) electrons. The highest BCUT2D eigenvalue weighted by Gasteiger charge is 2.73. The lowest BCUT2D eigenvalue weighted by Crippen LogP contribution is -2.62. The van der Waals surface area contributed by atoms with Gasteiger partial charge >= 0.3 is 24.3 Å². The van der Waals surface area contributed by atoms with Crippen LogP contribution in [0, 0.1) is 91.2 Å². The number of urea groups is 3. The molecule has 39 heteroatoms. The molecule has 18 atom stereocenters. The van der Waals surface area contributed by atoms with Gasteiger partial charge in [-0.05, 0) is 129 Å². The molecule has 2 aromatic heterocycles. The molecule has 0 spiro atoms. The van der Waals surface area contributed by atoms with E-state index in [0.29, 0.717) is 45.4 Å². The second-order valence-electron chi connectivity index (χ2n) is 46.0. The first-order valence-electron chi connectivity index (χ1n) is 49.2. The lowest BCUT2D eigenvalue weighted by Gasteiger charge is -2.39. The molecule has 8 fully saturated rings. The van der Waals surface area contributed by atoms with Gasteiger partial charge in [-0.1, -0.05) is 209 Å². The highest BCUT2D eigenvalue weighted by atomic mass is 19.4. The van der Waals surface area contributed by atoms with Crippen LogP contribution in [0.2, 0.25) is 0 Å². The molecule has 4 saturated carbocycles. The summed E-state index contributed by atoms with van der Waals surface area (Å²) >= 11 is 0. The zero-order valence-electron chi connectivity index (χ0n) is 86.0. The fourth-order valence-electron chi connectivity index (χ4n) is 20.2. The van der Waals surface area contributed by atoms with Gasteiger partial charge in [-0.3, -0.25) is 71.9 Å². The van der Waals surface area contributed by atoms with Gasteiger partial charge in [-0.2, -0.15) is 13.2 Å². The molecule has 3 unspecified atom stereocenters. The predicted molar refractivity (Wildman–Crippen MR) is 520 cm³/mol. The first-order valence-corrected chi connectivity index (χ1v) is 49.2. The maximum atomic E-state index is 14.3. The van der Waals surface area contributed by atoms with Gasteiger partial charge in [0.15, 0.2) is 0 Å². The van der Waals surface area contributed by atoms with Gasteiger partial charge in [0.25, 0.3) is 28.8 Å². The molecule has 13 N–H and O–H groups in total. The third-order valence-electron chi connectivity index (χ3n) is 29.7. The van der Waals surface area contributed by atoms with E-state index in [0.717, 1.165) is 25.7 Å². The minimum atomic E-state index is -4.66. The summed E-state index contributed by atoms with van der Waals surface area (Å²) in [6.45, 7) is 53.1. The standard InChI is InChI=1S/C34H49F3N6O6.C34H56N6O6.C33H50N6O6/c1-9-15-38-29(47)26(45)21(13-14-34(35,36)37)39-28(46)25-24-20(33(24,7)8)17-43(25)30(48)27(32(4,5)6)41-31(49)40-22(19(2)3)18-42-16-11-10-12-23(42)44;1-11-14-21(26(42)29(44)35-16-12-2)36-28(43)25-24-20(34(24,9)10)18-40(25)30(45)27(33(6,7)8)38-31(46)37-22(32(3,4)5)19-39-17-13-15-23(39)41;1-18(2)22(17-38-14-9-8-13-23(38)40)36-31(45)37-27(32(3,4)5)30(44)39-16-20-24(33(20,6)7)25(39)29(43)35-21(26(41)28(34)42)15-19-11-10-12-19/h9-12,16,19-22,24-25,27H,1,13-15,17-18H2,2-8H3,(H,38,47)(H,39,46)(H2,40,41,49);12,20-22,24-25,27H,2,11,13-19H2,1,3-10H3,(H,35,44)(H,36,43)(H2,37,38,46);8-9,13-14,18-22,24-25,27H,10-12,15-17H2,1-7H3,(H2,34,42)(H,35,43)(H2,36,37,45)/t3*20-,21?,22+,24-,25-,27+/m000/s1. The number of hydrogen-bond acceptors (Lipinski definition) is 18. The van der Waals surface area contributed by atoms with Gasteiger partial charge in [0.05, 0.1) is 36.3 Å². The first-order chi connectivity index (χ1) is 64.8. The van der Waals surface area contributed by atoms with Crippen LogP contribution in [0.4, 0.5) is 27.6 Å². The van der Waals surface area contributed by atoms with E-state index in [1.54, 1.807) is 67.2 Å². The number of pyridine rings is 2. The summed E-state index contributed by atoms with van der Waals surface area (Å²) in [4.78, 5) is 243. The fraction of sp³-hybridized carbons (Fsp3) is 0.703. The number of Topliss-reactive ketones (excluding diaryl/α,β-unsaturated/α-hetero) is 3. The van der Waals surface area contributed by atoms with Crippen molar-refractivity contribution in [3.05, 3.63) is 94.8 Å². The van der Waals surface area contributed by atoms with Crippen LogP contribution in [-0.2, 0) is 75.4 Å². The van der Waals surface area contributed by atoms with Gasteiger partial charge < -0.3 is 93.0 Å². The second kappa shape index (κ2) is 45.7. The number of nitrogens with one attached hydrogen (secondary N) is 11. The molecule has 8 aliphatic rings. The van der Waals surface area contributed by atoms with E-state index < -0.39 is 184 Å². The Bertz CT molecular complexity index is 5050. The van der Waals surface area contributed by atoms with E-state index in [9.17, 15) is 99.5 Å². The van der Waals surface area contributed by atoms with Crippen molar-refractivity contribution >= 4 is 94.5 Å². The number of ketones is 3. The lowest BCUT2D eigenvalue weighted by atomic mass is 9.80. The van der Waals surface area contributed by atoms with Crippen LogP contribution in [-0.4, -0.2) is 248 Å². The first kappa shape index (κ1) is 114. The van der Waals surface area contributed by atoms with E-state index in [4.69, 9.17) is 5.73 Å². The van der Waals surface area contributed by atoms with Crippen LogP contribution in [0.25, 0.3) is 0 Å². The topological polar surface area (TPSA) is 488 Å². The van der Waals surface area contributed by atoms with Crippen LogP contribution < -0.4 is 75.3 Å². The number of nitrogens with zero attached hydrogens (tertiary/aromatic N) is 6. The van der Waals surface area contributed by atoms with Crippen molar-refractivity contribution in [1.29, 1.82) is 0 Å². The number of hydrogen-bond donors (Lipinski definition) is 12. The average Bonchev–Trinajstić information content (AvgIpc) is 1.53. The maximum absolute atomic E-state index is 14.3. The van der Waals surface area contributed by atoms with E-state index >= 15 is 0 Å². The molecule has 2 aromatic rings. The largest absolute Gasteiger partial charge is 0.389 e. The summed E-state index contributed by atoms with van der Waals surface area (Å²) in [7, 11) is 0. The molecule has 0 aromatic carbocycles. The second-order valence-corrected chi connectivity index (χ2v) is 46.0. The van der Waals surface area contributed by atoms with Crippen molar-refractivity contribution in [3.8, 4) is 0 Å². The molecule has 4 aliphatic carbocycles. The SMILES string of the molecule is C=CCNC(=O)C(=O)C(CCC(F)(F)F)NC(=O)[C@@H]1[C@@H]2[C@H](CN1C(=O)[C@@H](NC(=O)N[C@H](Cn1ccccc1=O)C(C)C)C(C)(C)C)C2(C)C.C=CCNC(=O)C(=O)C(CCC)NC(=O)[C@@H]1[C@@H]2[C@H](CN1C(=O)[C@@H](NC(=O)N[C@H](CN1CCCC1=O)C(C)(C)C)C(C)(C)C)C2(C)C.CC(C)[C@@H](Cn1ccccc1=O)NC(=O)N[C@H](C(=O)N1C[C@H]2[C@@H]([C@H]1C(=O)NC(CC1CCC1)C(=O)C(N)=O)C2(C)C)C(C)(C)C. The van der Waals surface area contributed by atoms with Crippen molar-refractivity contribution in [2.24, 2.45) is 96.9 Å². The summed E-state index contributed by atoms with van der Waals surface area (Å²) in [6.07, 6.45) is 4.43. The van der Waals surface area contributed by atoms with Crippen molar-refractivity contribution < 1.29 is 89.9 Å². The molecule has 0 bridgehead atoms. The molecule has 4 aliphatic heterocycles. The van der Waals surface area contributed by atoms with Crippen molar-refractivity contribution in [3.63, 3.8) is 0 Å². The number of likely N-dealkylation sites (tertiary alicyclic amines) is 4. The summed E-state index contributed by atoms with van der Waals surface area (Å²) in [6, 6.07) is -3.18. The Balaban J connectivity index is 0.000000257. The minimum absolute atomic E-state index is 0.0105. The number of rotatable bonds is 39. The summed E-state index contributed by atoms with van der Waals surface area (Å²) in [5, 5.41) is 30.0. The van der Waals surface area contributed by atoms with E-state index in [2.05, 4.69) is 99.3 Å². The van der Waals surface area contributed by atoms with Gasteiger partial charge in [0, 0.05) is 96.3 Å². The average molecular weight is 1970 g/mol. The number of nitrogens with two attached hydrogens (primary N) is 1. The Hall–Kier alpha value is -11.3. The third-order valence-corrected chi connectivity index (χ3v) is 29.7.